The largest absolute Gasteiger partial charge is 0.351 e. The fraction of sp³-hybridized carbons (Fsp3) is 0.174. The van der Waals surface area contributed by atoms with Gasteiger partial charge in [0, 0.05) is 30.0 Å². The third-order valence-electron chi connectivity index (χ3n) is 4.41. The van der Waals surface area contributed by atoms with Crippen molar-refractivity contribution >= 4 is 46.2 Å². The molecule has 1 aromatic heterocycles. The average Bonchev–Trinajstić information content (AvgIpc) is 3.29. The van der Waals surface area contributed by atoms with E-state index in [9.17, 15) is 14.4 Å². The van der Waals surface area contributed by atoms with E-state index in [-0.39, 0.29) is 24.3 Å². The lowest BCUT2D eigenvalue weighted by atomic mass is 10.1. The number of aryl methyl sites for hydroxylation is 1. The monoisotopic (exact) mass is 436 g/mol. The van der Waals surface area contributed by atoms with Crippen LogP contribution in [0.2, 0.25) is 0 Å². The van der Waals surface area contributed by atoms with E-state index in [0.717, 1.165) is 5.56 Å². The van der Waals surface area contributed by atoms with Crippen molar-refractivity contribution in [1.29, 1.82) is 0 Å². The molecule has 0 spiro atoms. The molecule has 0 atom stereocenters. The Kier molecular flexibility index (Phi) is 7.78. The van der Waals surface area contributed by atoms with Crippen molar-refractivity contribution in [3.63, 3.8) is 0 Å². The summed E-state index contributed by atoms with van der Waals surface area (Å²) in [6.45, 7) is 2.30. The Morgan fingerprint density at radius 1 is 0.871 bits per heavy atom. The van der Waals surface area contributed by atoms with Crippen molar-refractivity contribution in [2.24, 2.45) is 0 Å². The van der Waals surface area contributed by atoms with Gasteiger partial charge in [0.05, 0.1) is 4.88 Å². The number of carbonyl (C=O) groups excluding carboxylic acids is 3. The summed E-state index contributed by atoms with van der Waals surface area (Å²) in [6.07, 6.45) is 0.801. The van der Waals surface area contributed by atoms with Crippen molar-refractivity contribution in [3.8, 4) is 0 Å². The molecule has 160 valence electrons. The summed E-state index contributed by atoms with van der Waals surface area (Å²) in [5, 5.41) is 13.0. The van der Waals surface area contributed by atoms with Crippen LogP contribution in [0.3, 0.4) is 0 Å². The molecule has 3 aromatic rings. The Labute approximate surface area is 184 Å². The van der Waals surface area contributed by atoms with E-state index in [2.05, 4.69) is 21.3 Å². The molecule has 1 heterocycles. The third-order valence-corrected chi connectivity index (χ3v) is 5.28. The van der Waals surface area contributed by atoms with Crippen LogP contribution >= 0.6 is 11.3 Å². The molecule has 4 amide bonds. The number of amides is 4. The smallest absolute Gasteiger partial charge is 0.323 e. The summed E-state index contributed by atoms with van der Waals surface area (Å²) >= 11 is 1.38. The van der Waals surface area contributed by atoms with Crippen LogP contribution in [0.25, 0.3) is 0 Å². The lowest BCUT2D eigenvalue weighted by molar-refractivity contribution is -0.116. The number of urea groups is 1. The highest BCUT2D eigenvalue weighted by Crippen LogP contribution is 2.21. The maximum Gasteiger partial charge on any atom is 0.323 e. The number of benzene rings is 2. The van der Waals surface area contributed by atoms with Crippen LogP contribution in [0.15, 0.2) is 66.0 Å². The molecule has 31 heavy (non-hydrogen) atoms. The zero-order chi connectivity index (χ0) is 22.1. The summed E-state index contributed by atoms with van der Waals surface area (Å²) < 4.78 is 0. The first-order valence-electron chi connectivity index (χ1n) is 9.86. The fourth-order valence-corrected chi connectivity index (χ4v) is 3.45. The van der Waals surface area contributed by atoms with E-state index in [4.69, 9.17) is 0 Å². The van der Waals surface area contributed by atoms with Gasteiger partial charge in [0.1, 0.15) is 0 Å². The average molecular weight is 437 g/mol. The van der Waals surface area contributed by atoms with Gasteiger partial charge in [-0.3, -0.25) is 9.59 Å². The second kappa shape index (κ2) is 10.9. The van der Waals surface area contributed by atoms with Crippen molar-refractivity contribution < 1.29 is 14.4 Å². The number of rotatable bonds is 8. The maximum atomic E-state index is 12.3. The molecular formula is C23H24N4O3S. The molecule has 0 radical (unpaired) electrons. The zero-order valence-electron chi connectivity index (χ0n) is 17.1. The van der Waals surface area contributed by atoms with Gasteiger partial charge < -0.3 is 21.3 Å². The number of hydrogen-bond donors (Lipinski definition) is 4. The van der Waals surface area contributed by atoms with Crippen LogP contribution in [-0.4, -0.2) is 24.4 Å². The standard InChI is InChI=1S/C23H24N4O3S/c1-16-11-12-18(26-23(30)25-17-7-3-2-4-8-17)15-19(16)27-21(28)10-5-13-24-22(29)20-9-6-14-31-20/h2-4,6-9,11-12,14-15H,5,10,13H2,1H3,(H,24,29)(H,27,28)(H2,25,26,30). The Balaban J connectivity index is 1.46. The highest BCUT2D eigenvalue weighted by molar-refractivity contribution is 7.12. The molecule has 3 rings (SSSR count). The van der Waals surface area contributed by atoms with E-state index >= 15 is 0 Å². The second-order valence-corrected chi connectivity index (χ2v) is 7.81. The third kappa shape index (κ3) is 6.97. The molecule has 8 heteroatoms. The minimum atomic E-state index is -0.367. The number of para-hydroxylation sites is 1. The van der Waals surface area contributed by atoms with Crippen molar-refractivity contribution in [1.82, 2.24) is 5.32 Å². The topological polar surface area (TPSA) is 99.3 Å². The molecule has 0 saturated heterocycles. The lowest BCUT2D eigenvalue weighted by Crippen LogP contribution is -2.24. The van der Waals surface area contributed by atoms with E-state index < -0.39 is 0 Å². The van der Waals surface area contributed by atoms with E-state index in [0.29, 0.717) is 34.9 Å². The number of thiophene rings is 1. The quantitative estimate of drug-likeness (QED) is 0.380. The number of hydrogen-bond acceptors (Lipinski definition) is 4. The van der Waals surface area contributed by atoms with Gasteiger partial charge >= 0.3 is 6.03 Å². The van der Waals surface area contributed by atoms with Gasteiger partial charge in [-0.1, -0.05) is 30.3 Å². The molecular weight excluding hydrogens is 412 g/mol. The minimum absolute atomic E-state index is 0.126. The van der Waals surface area contributed by atoms with Gasteiger partial charge in [-0.25, -0.2) is 4.79 Å². The first-order valence-corrected chi connectivity index (χ1v) is 10.7. The minimum Gasteiger partial charge on any atom is -0.351 e. The van der Waals surface area contributed by atoms with E-state index in [1.165, 1.54) is 11.3 Å². The van der Waals surface area contributed by atoms with Gasteiger partial charge in [-0.15, -0.1) is 11.3 Å². The summed E-state index contributed by atoms with van der Waals surface area (Å²) in [5.41, 5.74) is 2.77. The summed E-state index contributed by atoms with van der Waals surface area (Å²) in [4.78, 5) is 37.0. The SMILES string of the molecule is Cc1ccc(NC(=O)Nc2ccccc2)cc1NC(=O)CCCNC(=O)c1cccs1. The van der Waals surface area contributed by atoms with Crippen LogP contribution in [0.4, 0.5) is 21.9 Å². The van der Waals surface area contributed by atoms with Crippen molar-refractivity contribution in [2.75, 3.05) is 22.5 Å². The fourth-order valence-electron chi connectivity index (χ4n) is 2.81. The molecule has 0 aliphatic heterocycles. The van der Waals surface area contributed by atoms with E-state index in [1.54, 1.807) is 30.3 Å². The molecule has 0 fully saturated rings. The van der Waals surface area contributed by atoms with Gasteiger partial charge in [0.15, 0.2) is 0 Å². The number of anilines is 3. The van der Waals surface area contributed by atoms with Crippen molar-refractivity contribution in [2.45, 2.75) is 19.8 Å². The highest BCUT2D eigenvalue weighted by atomic mass is 32.1. The Morgan fingerprint density at radius 3 is 2.39 bits per heavy atom. The molecule has 0 unspecified atom stereocenters. The Hall–Kier alpha value is -3.65. The summed E-state index contributed by atoms with van der Waals surface area (Å²) in [5.74, 6) is -0.279. The molecule has 0 saturated carbocycles. The molecule has 4 N–H and O–H groups in total. The first kappa shape index (κ1) is 22.0. The molecule has 0 aliphatic rings. The molecule has 7 nitrogen and oxygen atoms in total. The predicted molar refractivity (Wildman–Crippen MR) is 125 cm³/mol. The van der Waals surface area contributed by atoms with Gasteiger partial charge in [0.2, 0.25) is 5.91 Å². The highest BCUT2D eigenvalue weighted by Gasteiger charge is 2.09. The zero-order valence-corrected chi connectivity index (χ0v) is 17.9. The van der Waals surface area contributed by atoms with Crippen LogP contribution in [0.1, 0.15) is 28.1 Å². The summed E-state index contributed by atoms with van der Waals surface area (Å²) in [7, 11) is 0. The Morgan fingerprint density at radius 2 is 1.65 bits per heavy atom. The van der Waals surface area contributed by atoms with Crippen LogP contribution < -0.4 is 21.3 Å². The van der Waals surface area contributed by atoms with Crippen LogP contribution in [0.5, 0.6) is 0 Å². The summed E-state index contributed by atoms with van der Waals surface area (Å²) in [6, 6.07) is 17.7. The first-order chi connectivity index (χ1) is 15.0. The number of carbonyl (C=O) groups is 3. The lowest BCUT2D eigenvalue weighted by Gasteiger charge is -2.12. The second-order valence-electron chi connectivity index (χ2n) is 6.86. The van der Waals surface area contributed by atoms with Gasteiger partial charge in [-0.2, -0.15) is 0 Å². The van der Waals surface area contributed by atoms with Gasteiger partial charge in [-0.05, 0) is 54.6 Å². The van der Waals surface area contributed by atoms with E-state index in [1.807, 2.05) is 42.6 Å². The van der Waals surface area contributed by atoms with Crippen molar-refractivity contribution in [3.05, 3.63) is 76.5 Å². The van der Waals surface area contributed by atoms with Crippen LogP contribution in [-0.2, 0) is 4.79 Å². The molecule has 0 aliphatic carbocycles. The normalized spacial score (nSPS) is 10.2. The predicted octanol–water partition coefficient (Wildman–Crippen LogP) is 4.85. The Bertz CT molecular complexity index is 1040. The molecule has 0 bridgehead atoms. The molecule has 2 aromatic carbocycles. The van der Waals surface area contributed by atoms with Crippen LogP contribution in [0, 0.1) is 6.92 Å². The maximum absolute atomic E-state index is 12.3. The van der Waals surface area contributed by atoms with Gasteiger partial charge in [0.25, 0.3) is 5.91 Å². The number of nitrogens with one attached hydrogen (secondary N) is 4.